The number of anilines is 1. The molecule has 1 N–H and O–H groups in total. The number of nitrogens with one attached hydrogen (secondary N) is 1. The van der Waals surface area contributed by atoms with E-state index in [1.807, 2.05) is 0 Å². The van der Waals surface area contributed by atoms with Crippen molar-refractivity contribution < 1.29 is 4.79 Å². The van der Waals surface area contributed by atoms with Crippen LogP contribution in [-0.2, 0) is 4.79 Å². The number of aromatic nitrogens is 3. The highest BCUT2D eigenvalue weighted by molar-refractivity contribution is 7.17. The second-order valence-electron chi connectivity index (χ2n) is 5.72. The van der Waals surface area contributed by atoms with E-state index in [1.54, 1.807) is 18.4 Å². The molecule has 2 aromatic heterocycles. The van der Waals surface area contributed by atoms with Crippen molar-refractivity contribution in [2.75, 3.05) is 25.0 Å². The Hall–Kier alpha value is -1.89. The molecule has 1 atom stereocenters. The lowest BCUT2D eigenvalue weighted by molar-refractivity contribution is -0.124. The Kier molecular flexibility index (Phi) is 4.15. The molecule has 0 radical (unpaired) electrons. The number of amides is 1. The molecule has 1 amide bonds. The third-order valence-electron chi connectivity index (χ3n) is 4.18. The van der Waals surface area contributed by atoms with Gasteiger partial charge < -0.3 is 10.2 Å². The molecule has 0 bridgehead atoms. The minimum Gasteiger partial charge on any atom is -0.359 e. The van der Waals surface area contributed by atoms with E-state index < -0.39 is 0 Å². The number of carbonyl (C=O) groups excluding carboxylic acids is 1. The monoisotopic (exact) mass is 319 g/mol. The van der Waals surface area contributed by atoms with Crippen LogP contribution in [0.1, 0.15) is 24.2 Å². The summed E-state index contributed by atoms with van der Waals surface area (Å²) < 4.78 is 2.11. The molecule has 1 saturated heterocycles. The third kappa shape index (κ3) is 2.72. The summed E-state index contributed by atoms with van der Waals surface area (Å²) in [5, 5.41) is 13.2. The van der Waals surface area contributed by atoms with Crippen LogP contribution in [-0.4, -0.2) is 40.8 Å². The smallest absolute Gasteiger partial charge is 0.224 e. The zero-order valence-electron chi connectivity index (χ0n) is 13.2. The summed E-state index contributed by atoms with van der Waals surface area (Å²) in [5.74, 6) is 0.160. The Morgan fingerprint density at radius 2 is 1.95 bits per heavy atom. The van der Waals surface area contributed by atoms with Crippen molar-refractivity contribution in [2.24, 2.45) is 5.92 Å². The SMILES string of the molecule is CNC(=O)[C@H]1CCCN(c2nnc(-n3c(C)ccc3C)s2)C1. The number of carbonyl (C=O) groups is 1. The molecule has 0 spiro atoms. The molecule has 7 heteroatoms. The van der Waals surface area contributed by atoms with Crippen LogP contribution >= 0.6 is 11.3 Å². The van der Waals surface area contributed by atoms with Crippen molar-refractivity contribution >= 4 is 22.4 Å². The Balaban J connectivity index is 1.80. The Labute approximate surface area is 134 Å². The van der Waals surface area contributed by atoms with Gasteiger partial charge in [-0.3, -0.25) is 9.36 Å². The third-order valence-corrected chi connectivity index (χ3v) is 5.14. The first-order chi connectivity index (χ1) is 10.6. The fraction of sp³-hybridized carbons (Fsp3) is 0.533. The van der Waals surface area contributed by atoms with E-state index in [4.69, 9.17) is 0 Å². The van der Waals surface area contributed by atoms with Crippen LogP contribution in [0.4, 0.5) is 5.13 Å². The van der Waals surface area contributed by atoms with Gasteiger partial charge in [-0.05, 0) is 38.8 Å². The highest BCUT2D eigenvalue weighted by Crippen LogP contribution is 2.29. The lowest BCUT2D eigenvalue weighted by Crippen LogP contribution is -2.42. The van der Waals surface area contributed by atoms with Crippen LogP contribution in [0.25, 0.3) is 5.13 Å². The number of nitrogens with zero attached hydrogens (tertiary/aromatic N) is 4. The summed E-state index contributed by atoms with van der Waals surface area (Å²) in [6.45, 7) is 5.79. The minimum absolute atomic E-state index is 0.0427. The van der Waals surface area contributed by atoms with Crippen molar-refractivity contribution in [1.29, 1.82) is 0 Å². The van der Waals surface area contributed by atoms with Gasteiger partial charge in [0.05, 0.1) is 5.92 Å². The number of rotatable bonds is 3. The normalized spacial score (nSPS) is 18.5. The molecule has 6 nitrogen and oxygen atoms in total. The zero-order chi connectivity index (χ0) is 15.7. The number of aryl methyl sites for hydroxylation is 2. The Morgan fingerprint density at radius 3 is 2.64 bits per heavy atom. The van der Waals surface area contributed by atoms with Crippen LogP contribution in [0, 0.1) is 19.8 Å². The summed E-state index contributed by atoms with van der Waals surface area (Å²) in [4.78, 5) is 14.0. The minimum atomic E-state index is 0.0427. The highest BCUT2D eigenvalue weighted by Gasteiger charge is 2.27. The average molecular weight is 319 g/mol. The van der Waals surface area contributed by atoms with Gasteiger partial charge in [-0.15, -0.1) is 10.2 Å². The molecule has 2 aromatic rings. The maximum atomic E-state index is 11.9. The van der Waals surface area contributed by atoms with Crippen LogP contribution in [0.15, 0.2) is 12.1 Å². The second kappa shape index (κ2) is 6.08. The van der Waals surface area contributed by atoms with Crippen molar-refractivity contribution in [3.05, 3.63) is 23.5 Å². The van der Waals surface area contributed by atoms with Crippen LogP contribution in [0.3, 0.4) is 0 Å². The molecule has 0 unspecified atom stereocenters. The van der Waals surface area contributed by atoms with E-state index in [1.165, 1.54) is 0 Å². The van der Waals surface area contributed by atoms with Crippen molar-refractivity contribution in [2.45, 2.75) is 26.7 Å². The van der Waals surface area contributed by atoms with E-state index in [0.717, 1.165) is 47.6 Å². The van der Waals surface area contributed by atoms with E-state index in [0.29, 0.717) is 0 Å². The van der Waals surface area contributed by atoms with Gasteiger partial charge in [0.25, 0.3) is 0 Å². The molecule has 1 aliphatic rings. The fourth-order valence-electron chi connectivity index (χ4n) is 2.97. The van der Waals surface area contributed by atoms with Gasteiger partial charge in [0.15, 0.2) is 0 Å². The topological polar surface area (TPSA) is 63.1 Å². The average Bonchev–Trinajstić information content (AvgIpc) is 3.13. The largest absolute Gasteiger partial charge is 0.359 e. The van der Waals surface area contributed by atoms with Crippen molar-refractivity contribution in [1.82, 2.24) is 20.1 Å². The lowest BCUT2D eigenvalue weighted by Gasteiger charge is -2.31. The first-order valence-corrected chi connectivity index (χ1v) is 8.37. The van der Waals surface area contributed by atoms with Gasteiger partial charge in [-0.1, -0.05) is 11.3 Å². The van der Waals surface area contributed by atoms with E-state index in [2.05, 4.69) is 51.0 Å². The zero-order valence-corrected chi connectivity index (χ0v) is 14.0. The fourth-order valence-corrected chi connectivity index (χ4v) is 3.97. The molecular formula is C15H21N5OS. The van der Waals surface area contributed by atoms with Gasteiger partial charge in [0, 0.05) is 31.5 Å². The van der Waals surface area contributed by atoms with E-state index >= 15 is 0 Å². The summed E-state index contributed by atoms with van der Waals surface area (Å²) in [7, 11) is 1.70. The Morgan fingerprint density at radius 1 is 1.27 bits per heavy atom. The highest BCUT2D eigenvalue weighted by atomic mass is 32.1. The molecule has 1 fully saturated rings. The number of piperidine rings is 1. The summed E-state index contributed by atoms with van der Waals surface area (Å²) in [6, 6.07) is 4.16. The van der Waals surface area contributed by atoms with Gasteiger partial charge in [-0.2, -0.15) is 0 Å². The van der Waals surface area contributed by atoms with Crippen molar-refractivity contribution in [3.63, 3.8) is 0 Å². The molecule has 118 valence electrons. The summed E-state index contributed by atoms with van der Waals surface area (Å²) in [5.41, 5.74) is 2.31. The predicted molar refractivity (Wildman–Crippen MR) is 87.7 cm³/mol. The molecule has 0 saturated carbocycles. The standard InChI is InChI=1S/C15H21N5OS/c1-10-6-7-11(2)20(10)15-18-17-14(22-15)19-8-4-5-12(9-19)13(21)16-3/h6-7,12H,4-5,8-9H2,1-3H3,(H,16,21)/t12-/m0/s1. The first kappa shape index (κ1) is 15.0. The Bertz CT molecular complexity index is 658. The number of hydrogen-bond acceptors (Lipinski definition) is 5. The van der Waals surface area contributed by atoms with Gasteiger partial charge >= 0.3 is 0 Å². The van der Waals surface area contributed by atoms with Gasteiger partial charge in [-0.25, -0.2) is 0 Å². The lowest BCUT2D eigenvalue weighted by atomic mass is 9.98. The molecule has 3 rings (SSSR count). The molecule has 3 heterocycles. The van der Waals surface area contributed by atoms with Gasteiger partial charge in [0.1, 0.15) is 0 Å². The summed E-state index contributed by atoms with van der Waals surface area (Å²) in [6.07, 6.45) is 1.95. The maximum absolute atomic E-state index is 11.9. The predicted octanol–water partition coefficient (Wildman–Crippen LogP) is 1.91. The molecule has 1 aliphatic heterocycles. The van der Waals surface area contributed by atoms with Crippen LogP contribution in [0.2, 0.25) is 0 Å². The van der Waals surface area contributed by atoms with E-state index in [-0.39, 0.29) is 11.8 Å². The van der Waals surface area contributed by atoms with Crippen LogP contribution < -0.4 is 10.2 Å². The van der Waals surface area contributed by atoms with E-state index in [9.17, 15) is 4.79 Å². The van der Waals surface area contributed by atoms with Crippen LogP contribution in [0.5, 0.6) is 0 Å². The molecular weight excluding hydrogens is 298 g/mol. The maximum Gasteiger partial charge on any atom is 0.224 e. The van der Waals surface area contributed by atoms with Crippen molar-refractivity contribution in [3.8, 4) is 5.13 Å². The molecule has 22 heavy (non-hydrogen) atoms. The second-order valence-corrected chi connectivity index (χ2v) is 6.65. The van der Waals surface area contributed by atoms with Gasteiger partial charge in [0.2, 0.25) is 16.2 Å². The molecule has 0 aliphatic carbocycles. The molecule has 0 aromatic carbocycles. The quantitative estimate of drug-likeness (QED) is 0.939. The first-order valence-electron chi connectivity index (χ1n) is 7.55. The summed E-state index contributed by atoms with van der Waals surface area (Å²) >= 11 is 1.58. The number of hydrogen-bond donors (Lipinski definition) is 1.